The molecule has 0 fully saturated rings. The molecule has 0 unspecified atom stereocenters. The number of carbonyl (C=O) groups is 1. The fraction of sp³-hybridized carbons (Fsp3) is 0.375. The molecule has 1 aromatic heterocycles. The molecule has 1 heterocycles. The number of hydrogen-bond acceptors (Lipinski definition) is 3. The molecule has 2 rings (SSSR count). The topological polar surface area (TPSA) is 56.2 Å². The molecule has 0 bridgehead atoms. The van der Waals surface area contributed by atoms with Crippen molar-refractivity contribution >= 4 is 11.8 Å². The van der Waals surface area contributed by atoms with Gasteiger partial charge in [0.25, 0.3) is 0 Å². The summed E-state index contributed by atoms with van der Waals surface area (Å²) in [6.07, 6.45) is 3.26. The Morgan fingerprint density at radius 2 is 2.14 bits per heavy atom. The number of aromatic nitrogens is 2. The number of hydrogen-bond donors (Lipinski definition) is 1. The van der Waals surface area contributed by atoms with E-state index in [4.69, 9.17) is 4.74 Å². The zero-order chi connectivity index (χ0) is 15.5. The van der Waals surface area contributed by atoms with Gasteiger partial charge in [-0.15, -0.1) is 0 Å². The summed E-state index contributed by atoms with van der Waals surface area (Å²) in [4.78, 5) is 16.0. The van der Waals surface area contributed by atoms with Crippen molar-refractivity contribution in [2.75, 3.05) is 5.32 Å². The van der Waals surface area contributed by atoms with Gasteiger partial charge in [0.15, 0.2) is 0 Å². The Morgan fingerprint density at radius 3 is 2.76 bits per heavy atom. The molecule has 5 nitrogen and oxygen atoms in total. The van der Waals surface area contributed by atoms with Crippen LogP contribution in [0.5, 0.6) is 0 Å². The first-order valence-electron chi connectivity index (χ1n) is 6.90. The second-order valence-electron chi connectivity index (χ2n) is 5.93. The van der Waals surface area contributed by atoms with Gasteiger partial charge in [-0.2, -0.15) is 0 Å². The summed E-state index contributed by atoms with van der Waals surface area (Å²) in [5.74, 6) is 0.959. The average molecular weight is 287 g/mol. The number of imidazole rings is 1. The van der Waals surface area contributed by atoms with E-state index in [9.17, 15) is 4.79 Å². The summed E-state index contributed by atoms with van der Waals surface area (Å²) >= 11 is 0. The summed E-state index contributed by atoms with van der Waals surface area (Å²) in [6.45, 7) is 8.19. The van der Waals surface area contributed by atoms with Gasteiger partial charge < -0.3 is 9.30 Å². The molecule has 0 atom stereocenters. The number of carbonyl (C=O) groups excluding carboxylic acids is 1. The van der Waals surface area contributed by atoms with Gasteiger partial charge in [0.2, 0.25) is 0 Å². The second kappa shape index (κ2) is 5.99. The predicted molar refractivity (Wildman–Crippen MR) is 82.4 cm³/mol. The van der Waals surface area contributed by atoms with Crippen molar-refractivity contribution in [3.8, 4) is 0 Å². The Hall–Kier alpha value is -2.30. The van der Waals surface area contributed by atoms with Gasteiger partial charge >= 0.3 is 6.09 Å². The number of aryl methyl sites for hydroxylation is 1. The molecule has 2 aromatic rings. The minimum Gasteiger partial charge on any atom is -0.444 e. The van der Waals surface area contributed by atoms with Crippen molar-refractivity contribution in [1.29, 1.82) is 0 Å². The van der Waals surface area contributed by atoms with E-state index in [0.29, 0.717) is 0 Å². The second-order valence-corrected chi connectivity index (χ2v) is 5.93. The van der Waals surface area contributed by atoms with Crippen LogP contribution in [0.3, 0.4) is 0 Å². The van der Waals surface area contributed by atoms with Crippen molar-refractivity contribution in [3.63, 3.8) is 0 Å². The van der Waals surface area contributed by atoms with Crippen LogP contribution in [0, 0.1) is 6.92 Å². The zero-order valence-electron chi connectivity index (χ0n) is 12.9. The average Bonchev–Trinajstić information content (AvgIpc) is 2.73. The number of rotatable bonds is 3. The van der Waals surface area contributed by atoms with E-state index in [1.807, 2.05) is 62.7 Å². The van der Waals surface area contributed by atoms with Crippen LogP contribution in [-0.2, 0) is 11.3 Å². The van der Waals surface area contributed by atoms with Crippen LogP contribution < -0.4 is 5.32 Å². The quantitative estimate of drug-likeness (QED) is 0.938. The van der Waals surface area contributed by atoms with Crippen LogP contribution in [0.1, 0.15) is 32.2 Å². The molecule has 1 amide bonds. The molecule has 5 heteroatoms. The molecule has 0 aliphatic rings. The first-order chi connectivity index (χ1) is 9.83. The predicted octanol–water partition coefficient (Wildman–Crippen LogP) is 3.59. The molecule has 112 valence electrons. The maximum atomic E-state index is 11.8. The molecular formula is C16H21N3O2. The van der Waals surface area contributed by atoms with E-state index >= 15 is 0 Å². The standard InChI is InChI=1S/C16H21N3O2/c1-12-17-8-9-19(12)11-13-6-5-7-14(10-13)18-15(20)21-16(2,3)4/h5-10H,11H2,1-4H3,(H,18,20). The molecule has 1 aromatic carbocycles. The molecule has 1 N–H and O–H groups in total. The lowest BCUT2D eigenvalue weighted by atomic mass is 10.2. The van der Waals surface area contributed by atoms with Crippen LogP contribution in [0.15, 0.2) is 36.7 Å². The van der Waals surface area contributed by atoms with Gasteiger partial charge in [0.05, 0.1) is 0 Å². The Bertz CT molecular complexity index is 626. The van der Waals surface area contributed by atoms with E-state index in [0.717, 1.165) is 23.6 Å². The van der Waals surface area contributed by atoms with Crippen molar-refractivity contribution < 1.29 is 9.53 Å². The Labute approximate surface area is 125 Å². The Kier molecular flexibility index (Phi) is 4.31. The maximum absolute atomic E-state index is 11.8. The van der Waals surface area contributed by atoms with Crippen LogP contribution >= 0.6 is 0 Å². The van der Waals surface area contributed by atoms with Gasteiger partial charge in [-0.05, 0) is 45.4 Å². The number of anilines is 1. The number of ether oxygens (including phenoxy) is 1. The molecule has 0 spiro atoms. The smallest absolute Gasteiger partial charge is 0.412 e. The van der Waals surface area contributed by atoms with Crippen LogP contribution in [0.2, 0.25) is 0 Å². The highest BCUT2D eigenvalue weighted by molar-refractivity contribution is 5.84. The highest BCUT2D eigenvalue weighted by Crippen LogP contribution is 2.15. The minimum atomic E-state index is -0.504. The summed E-state index contributed by atoms with van der Waals surface area (Å²) in [5, 5.41) is 2.75. The lowest BCUT2D eigenvalue weighted by molar-refractivity contribution is 0.0636. The lowest BCUT2D eigenvalue weighted by Crippen LogP contribution is -2.27. The number of nitrogens with zero attached hydrogens (tertiary/aromatic N) is 2. The van der Waals surface area contributed by atoms with Crippen molar-refractivity contribution in [2.24, 2.45) is 0 Å². The summed E-state index contributed by atoms with van der Waals surface area (Å²) in [6, 6.07) is 7.70. The van der Waals surface area contributed by atoms with Gasteiger partial charge in [0.1, 0.15) is 11.4 Å². The number of nitrogens with one attached hydrogen (secondary N) is 1. The summed E-state index contributed by atoms with van der Waals surface area (Å²) < 4.78 is 7.29. The third kappa shape index (κ3) is 4.63. The molecule has 0 saturated heterocycles. The maximum Gasteiger partial charge on any atom is 0.412 e. The van der Waals surface area contributed by atoms with E-state index < -0.39 is 11.7 Å². The van der Waals surface area contributed by atoms with Crippen molar-refractivity contribution in [1.82, 2.24) is 9.55 Å². The van der Waals surface area contributed by atoms with E-state index in [-0.39, 0.29) is 0 Å². The van der Waals surface area contributed by atoms with Crippen molar-refractivity contribution in [2.45, 2.75) is 39.8 Å². The van der Waals surface area contributed by atoms with Gasteiger partial charge in [0, 0.05) is 24.6 Å². The number of benzene rings is 1. The van der Waals surface area contributed by atoms with Crippen LogP contribution in [0.4, 0.5) is 10.5 Å². The third-order valence-electron chi connectivity index (χ3n) is 2.85. The highest BCUT2D eigenvalue weighted by Gasteiger charge is 2.16. The first-order valence-corrected chi connectivity index (χ1v) is 6.90. The van der Waals surface area contributed by atoms with Crippen molar-refractivity contribution in [3.05, 3.63) is 48.0 Å². The first kappa shape index (κ1) is 15.1. The Balaban J connectivity index is 2.04. The third-order valence-corrected chi connectivity index (χ3v) is 2.85. The zero-order valence-corrected chi connectivity index (χ0v) is 12.9. The molecule has 0 saturated carbocycles. The monoisotopic (exact) mass is 287 g/mol. The summed E-state index contributed by atoms with van der Waals surface area (Å²) in [7, 11) is 0. The molecule has 0 radical (unpaired) electrons. The largest absolute Gasteiger partial charge is 0.444 e. The van der Waals surface area contributed by atoms with Gasteiger partial charge in [-0.3, -0.25) is 5.32 Å². The van der Waals surface area contributed by atoms with Crippen LogP contribution in [0.25, 0.3) is 0 Å². The lowest BCUT2D eigenvalue weighted by Gasteiger charge is -2.19. The minimum absolute atomic E-state index is 0.446. The molecular weight excluding hydrogens is 266 g/mol. The molecule has 21 heavy (non-hydrogen) atoms. The molecule has 0 aliphatic heterocycles. The van der Waals surface area contributed by atoms with E-state index in [1.165, 1.54) is 0 Å². The van der Waals surface area contributed by atoms with Crippen LogP contribution in [-0.4, -0.2) is 21.2 Å². The van der Waals surface area contributed by atoms with Gasteiger partial charge in [-0.25, -0.2) is 9.78 Å². The fourth-order valence-corrected chi connectivity index (χ4v) is 1.94. The normalized spacial score (nSPS) is 11.2. The molecule has 0 aliphatic carbocycles. The van der Waals surface area contributed by atoms with E-state index in [1.54, 1.807) is 6.20 Å². The van der Waals surface area contributed by atoms with E-state index in [2.05, 4.69) is 10.3 Å². The van der Waals surface area contributed by atoms with Gasteiger partial charge in [-0.1, -0.05) is 12.1 Å². The number of amides is 1. The Morgan fingerprint density at radius 1 is 1.38 bits per heavy atom. The fourth-order valence-electron chi connectivity index (χ4n) is 1.94. The SMILES string of the molecule is Cc1nccn1Cc1cccc(NC(=O)OC(C)(C)C)c1. The summed E-state index contributed by atoms with van der Waals surface area (Å²) in [5.41, 5.74) is 1.31. The highest BCUT2D eigenvalue weighted by atomic mass is 16.6.